The van der Waals surface area contributed by atoms with Crippen molar-refractivity contribution < 1.29 is 17.9 Å². The number of hydrogen-bond acceptors (Lipinski definition) is 3. The molecule has 0 aliphatic carbocycles. The van der Waals surface area contributed by atoms with Gasteiger partial charge < -0.3 is 4.74 Å². The van der Waals surface area contributed by atoms with Crippen LogP contribution in [0.15, 0.2) is 35.3 Å². The van der Waals surface area contributed by atoms with Gasteiger partial charge in [0.05, 0.1) is 5.69 Å². The molecule has 2 rings (SSSR count). The molecule has 0 aliphatic heterocycles. The highest BCUT2D eigenvalue weighted by Gasteiger charge is 2.31. The summed E-state index contributed by atoms with van der Waals surface area (Å²) in [6.07, 6.45) is -3.33. The van der Waals surface area contributed by atoms with Crippen LogP contribution >= 0.6 is 15.9 Å². The lowest BCUT2D eigenvalue weighted by molar-refractivity contribution is -0.274. The molecule has 1 heterocycles. The quantitative estimate of drug-likeness (QED) is 0.856. The lowest BCUT2D eigenvalue weighted by atomic mass is 10.3. The van der Waals surface area contributed by atoms with Crippen LogP contribution in [0.1, 0.15) is 0 Å². The summed E-state index contributed by atoms with van der Waals surface area (Å²) in [4.78, 5) is 3.80. The maximum atomic E-state index is 12.0. The molecule has 0 N–H and O–H groups in total. The molecule has 8 heteroatoms. The monoisotopic (exact) mass is 307 g/mol. The van der Waals surface area contributed by atoms with Crippen LogP contribution < -0.4 is 4.74 Å². The molecule has 0 amide bonds. The highest BCUT2D eigenvalue weighted by atomic mass is 79.9. The number of benzene rings is 1. The summed E-state index contributed by atoms with van der Waals surface area (Å²) in [6, 6.07) is 5.45. The normalized spacial score (nSPS) is 11.5. The number of aromatic nitrogens is 3. The predicted molar refractivity (Wildman–Crippen MR) is 55.7 cm³/mol. The molecule has 0 radical (unpaired) electrons. The number of hydrogen-bond donors (Lipinski definition) is 0. The van der Waals surface area contributed by atoms with Gasteiger partial charge in [-0.2, -0.15) is 0 Å². The molecule has 1 aromatic carbocycles. The molecule has 0 unspecified atom stereocenters. The van der Waals surface area contributed by atoms with Gasteiger partial charge in [0.1, 0.15) is 12.1 Å². The Kier molecular flexibility index (Phi) is 3.05. The molecule has 90 valence electrons. The zero-order valence-corrected chi connectivity index (χ0v) is 9.73. The summed E-state index contributed by atoms with van der Waals surface area (Å²) in [5.74, 6) is -0.304. The van der Waals surface area contributed by atoms with Gasteiger partial charge in [0, 0.05) is 6.07 Å². The van der Waals surface area contributed by atoms with Crippen molar-refractivity contribution in [3.63, 3.8) is 0 Å². The van der Waals surface area contributed by atoms with E-state index in [0.717, 1.165) is 0 Å². The second-order valence-electron chi connectivity index (χ2n) is 3.00. The van der Waals surface area contributed by atoms with E-state index in [-0.39, 0.29) is 5.75 Å². The molecule has 0 fully saturated rings. The standard InChI is InChI=1S/C9H5BrF3N3O/c10-8-14-5-16(15-8)6-2-1-3-7(4-6)17-9(11,12)13/h1-5H. The fourth-order valence-corrected chi connectivity index (χ4v) is 1.45. The molecule has 4 nitrogen and oxygen atoms in total. The molecule has 0 spiro atoms. The Bertz CT molecular complexity index is 526. The first-order valence-corrected chi connectivity index (χ1v) is 5.17. The first kappa shape index (κ1) is 11.9. The van der Waals surface area contributed by atoms with E-state index in [1.54, 1.807) is 6.07 Å². The van der Waals surface area contributed by atoms with Gasteiger partial charge in [0.25, 0.3) is 0 Å². The molecule has 0 bridgehead atoms. The van der Waals surface area contributed by atoms with E-state index in [9.17, 15) is 13.2 Å². The number of halogens is 4. The second kappa shape index (κ2) is 4.36. The summed E-state index contributed by atoms with van der Waals surface area (Å²) >= 11 is 3.04. The minimum Gasteiger partial charge on any atom is -0.406 e. The average molecular weight is 308 g/mol. The van der Waals surface area contributed by atoms with Crippen molar-refractivity contribution in [1.82, 2.24) is 14.8 Å². The number of ether oxygens (including phenoxy) is 1. The van der Waals surface area contributed by atoms with Crippen molar-refractivity contribution in [3.05, 3.63) is 35.3 Å². The highest BCUT2D eigenvalue weighted by molar-refractivity contribution is 9.10. The number of rotatable bonds is 2. The minimum atomic E-state index is -4.71. The molecule has 1 aromatic heterocycles. The Balaban J connectivity index is 2.29. The average Bonchev–Trinajstić information content (AvgIpc) is 2.63. The highest BCUT2D eigenvalue weighted by Crippen LogP contribution is 2.24. The molecular weight excluding hydrogens is 303 g/mol. The zero-order valence-electron chi connectivity index (χ0n) is 8.15. The smallest absolute Gasteiger partial charge is 0.406 e. The van der Waals surface area contributed by atoms with E-state index in [0.29, 0.717) is 10.4 Å². The summed E-state index contributed by atoms with van der Waals surface area (Å²) < 4.78 is 41.5. The largest absolute Gasteiger partial charge is 0.573 e. The van der Waals surface area contributed by atoms with Crippen LogP contribution in [0.3, 0.4) is 0 Å². The Morgan fingerprint density at radius 3 is 2.65 bits per heavy atom. The summed E-state index contributed by atoms with van der Waals surface area (Å²) in [6.45, 7) is 0. The maximum Gasteiger partial charge on any atom is 0.573 e. The molecule has 0 saturated carbocycles. The Labute approximate surface area is 102 Å². The Morgan fingerprint density at radius 1 is 1.29 bits per heavy atom. The van der Waals surface area contributed by atoms with Crippen LogP contribution in [0.5, 0.6) is 5.75 Å². The van der Waals surface area contributed by atoms with Gasteiger partial charge in [-0.05, 0) is 28.1 Å². The molecule has 0 saturated heterocycles. The van der Waals surface area contributed by atoms with Gasteiger partial charge >= 0.3 is 6.36 Å². The summed E-state index contributed by atoms with van der Waals surface area (Å²) in [5, 5.41) is 3.90. The fourth-order valence-electron chi connectivity index (χ4n) is 1.19. The second-order valence-corrected chi connectivity index (χ2v) is 3.71. The van der Waals surface area contributed by atoms with Gasteiger partial charge in [-0.3, -0.25) is 0 Å². The van der Waals surface area contributed by atoms with Crippen LogP contribution in [0.25, 0.3) is 5.69 Å². The number of alkyl halides is 3. The molecule has 17 heavy (non-hydrogen) atoms. The topological polar surface area (TPSA) is 39.9 Å². The van der Waals surface area contributed by atoms with Crippen LogP contribution in [-0.4, -0.2) is 21.1 Å². The van der Waals surface area contributed by atoms with Crippen LogP contribution in [0.4, 0.5) is 13.2 Å². The first-order valence-electron chi connectivity index (χ1n) is 4.37. The van der Waals surface area contributed by atoms with Crippen LogP contribution in [0, 0.1) is 0 Å². The third kappa shape index (κ3) is 3.19. The lowest BCUT2D eigenvalue weighted by Crippen LogP contribution is -2.17. The van der Waals surface area contributed by atoms with E-state index < -0.39 is 6.36 Å². The van der Waals surface area contributed by atoms with Crippen LogP contribution in [-0.2, 0) is 0 Å². The fraction of sp³-hybridized carbons (Fsp3) is 0.111. The van der Waals surface area contributed by atoms with Crippen molar-refractivity contribution in [2.45, 2.75) is 6.36 Å². The first-order chi connectivity index (χ1) is 7.94. The Morgan fingerprint density at radius 2 is 2.06 bits per heavy atom. The van der Waals surface area contributed by atoms with Crippen molar-refractivity contribution in [2.75, 3.05) is 0 Å². The number of nitrogens with zero attached hydrogens (tertiary/aromatic N) is 3. The van der Waals surface area contributed by atoms with Gasteiger partial charge in [-0.1, -0.05) is 6.07 Å². The predicted octanol–water partition coefficient (Wildman–Crippen LogP) is 2.93. The van der Waals surface area contributed by atoms with Crippen molar-refractivity contribution in [1.29, 1.82) is 0 Å². The minimum absolute atomic E-state index is 0.304. The van der Waals surface area contributed by atoms with Crippen molar-refractivity contribution >= 4 is 15.9 Å². The van der Waals surface area contributed by atoms with Gasteiger partial charge in [0.15, 0.2) is 0 Å². The maximum absolute atomic E-state index is 12.0. The summed E-state index contributed by atoms with van der Waals surface area (Å²) in [7, 11) is 0. The molecule has 0 atom stereocenters. The van der Waals surface area contributed by atoms with Crippen molar-refractivity contribution in [3.8, 4) is 11.4 Å². The van der Waals surface area contributed by atoms with E-state index in [1.165, 1.54) is 29.2 Å². The molecule has 0 aliphatic rings. The molecule has 2 aromatic rings. The lowest BCUT2D eigenvalue weighted by Gasteiger charge is -2.09. The van der Waals surface area contributed by atoms with Crippen molar-refractivity contribution in [2.24, 2.45) is 0 Å². The van der Waals surface area contributed by atoms with Gasteiger partial charge in [-0.25, -0.2) is 9.67 Å². The van der Waals surface area contributed by atoms with Gasteiger partial charge in [0.2, 0.25) is 4.73 Å². The van der Waals surface area contributed by atoms with Crippen LogP contribution in [0.2, 0.25) is 0 Å². The SMILES string of the molecule is FC(F)(F)Oc1cccc(-n2cnc(Br)n2)c1. The zero-order chi connectivity index (χ0) is 12.5. The Hall–Kier alpha value is -1.57. The third-order valence-corrected chi connectivity index (χ3v) is 2.14. The van der Waals surface area contributed by atoms with E-state index >= 15 is 0 Å². The van der Waals surface area contributed by atoms with E-state index in [1.807, 2.05) is 0 Å². The van der Waals surface area contributed by atoms with E-state index in [4.69, 9.17) is 0 Å². The van der Waals surface area contributed by atoms with E-state index in [2.05, 4.69) is 30.7 Å². The molecular formula is C9H5BrF3N3O. The summed E-state index contributed by atoms with van der Waals surface area (Å²) in [5.41, 5.74) is 0.421. The van der Waals surface area contributed by atoms with Gasteiger partial charge in [-0.15, -0.1) is 18.3 Å². The third-order valence-electron chi connectivity index (χ3n) is 1.78.